The van der Waals surface area contributed by atoms with Crippen LogP contribution in [0.2, 0.25) is 0 Å². The molecule has 32 heavy (non-hydrogen) atoms. The van der Waals surface area contributed by atoms with Crippen LogP contribution < -0.4 is 0 Å². The van der Waals surface area contributed by atoms with E-state index in [9.17, 15) is 22.8 Å². The molecule has 0 fully saturated rings. The molecule has 0 saturated heterocycles. The van der Waals surface area contributed by atoms with Crippen LogP contribution in [0.3, 0.4) is 0 Å². The normalized spacial score (nSPS) is 12.5. The molecular weight excluding hydrogens is 436 g/mol. The molecule has 0 amide bonds. The van der Waals surface area contributed by atoms with E-state index in [1.807, 2.05) is 0 Å². The number of ketones is 1. The Morgan fingerprint density at radius 2 is 1.72 bits per heavy atom. The first-order chi connectivity index (χ1) is 15.0. The lowest BCUT2D eigenvalue weighted by Crippen LogP contribution is -2.30. The Kier molecular flexibility index (Phi) is 7.97. The summed E-state index contributed by atoms with van der Waals surface area (Å²) >= 11 is 0. The number of H-pyrrole nitrogens is 1. The lowest BCUT2D eigenvalue weighted by molar-refractivity contribution is 0.0316. The first kappa shape index (κ1) is 25.3. The van der Waals surface area contributed by atoms with Crippen LogP contribution in [-0.2, 0) is 19.5 Å². The van der Waals surface area contributed by atoms with Gasteiger partial charge in [0.1, 0.15) is 0 Å². The molecule has 0 aliphatic heterocycles. The monoisotopic (exact) mass is 464 g/mol. The number of methoxy groups -OCH3 is 1. The lowest BCUT2D eigenvalue weighted by atomic mass is 10.1. The minimum absolute atomic E-state index is 0.00696. The molecule has 0 bridgehead atoms. The predicted octanol–water partition coefficient (Wildman–Crippen LogP) is 2.88. The number of rotatable bonds is 9. The van der Waals surface area contributed by atoms with Gasteiger partial charge in [-0.25, -0.2) is 18.0 Å². The molecule has 0 aliphatic rings. The number of hydrogen-bond acceptors (Lipinski definition) is 7. The zero-order valence-corrected chi connectivity index (χ0v) is 19.8. The second kappa shape index (κ2) is 10.1. The minimum atomic E-state index is -3.75. The molecule has 0 saturated carbocycles. The van der Waals surface area contributed by atoms with Gasteiger partial charge in [-0.15, -0.1) is 0 Å². The summed E-state index contributed by atoms with van der Waals surface area (Å²) in [5, 5.41) is 0. The van der Waals surface area contributed by atoms with Crippen LogP contribution in [0.15, 0.2) is 29.2 Å². The fourth-order valence-corrected chi connectivity index (χ4v) is 4.89. The van der Waals surface area contributed by atoms with Crippen molar-refractivity contribution in [3.05, 3.63) is 52.3 Å². The number of aryl methyl sites for hydroxylation is 1. The van der Waals surface area contributed by atoms with E-state index >= 15 is 0 Å². The molecule has 10 heteroatoms. The van der Waals surface area contributed by atoms with E-state index in [2.05, 4.69) is 4.98 Å². The van der Waals surface area contributed by atoms with Gasteiger partial charge in [0, 0.05) is 18.8 Å². The fraction of sp³-hybridized carbons (Fsp3) is 0.409. The summed E-state index contributed by atoms with van der Waals surface area (Å²) < 4.78 is 36.7. The number of carbonyl (C=O) groups excluding carboxylic acids is 3. The Morgan fingerprint density at radius 1 is 1.09 bits per heavy atom. The molecule has 1 aromatic heterocycles. The number of nitrogens with one attached hydrogen (secondary N) is 1. The summed E-state index contributed by atoms with van der Waals surface area (Å²) in [7, 11) is -2.51. The number of aromatic amines is 1. The van der Waals surface area contributed by atoms with E-state index in [-0.39, 0.29) is 21.7 Å². The molecule has 1 N–H and O–H groups in total. The molecule has 2 aromatic rings. The van der Waals surface area contributed by atoms with Crippen LogP contribution in [0.5, 0.6) is 0 Å². The van der Waals surface area contributed by atoms with Gasteiger partial charge < -0.3 is 14.5 Å². The van der Waals surface area contributed by atoms with Crippen molar-refractivity contribution in [3.63, 3.8) is 0 Å². The maximum atomic E-state index is 12.8. The number of ether oxygens (including phenoxy) is 2. The van der Waals surface area contributed by atoms with E-state index in [0.717, 1.165) is 0 Å². The average Bonchev–Trinajstić information content (AvgIpc) is 3.07. The number of carbonyl (C=O) groups is 3. The van der Waals surface area contributed by atoms with Gasteiger partial charge in [-0.3, -0.25) is 4.79 Å². The van der Waals surface area contributed by atoms with E-state index in [4.69, 9.17) is 9.47 Å². The number of benzene rings is 1. The highest BCUT2D eigenvalue weighted by Gasteiger charge is 2.28. The molecule has 174 valence electrons. The number of hydrogen-bond donors (Lipinski definition) is 1. The Balaban J connectivity index is 2.25. The maximum absolute atomic E-state index is 12.8. The maximum Gasteiger partial charge on any atom is 0.339 e. The van der Waals surface area contributed by atoms with Crippen LogP contribution >= 0.6 is 0 Å². The Hall–Kier alpha value is -2.98. The van der Waals surface area contributed by atoms with Crippen LogP contribution in [0.1, 0.15) is 63.2 Å². The molecule has 0 radical (unpaired) electrons. The van der Waals surface area contributed by atoms with Crippen LogP contribution in [-0.4, -0.2) is 61.7 Å². The van der Waals surface area contributed by atoms with Crippen molar-refractivity contribution >= 4 is 27.7 Å². The largest absolute Gasteiger partial charge is 0.465 e. The number of esters is 2. The molecule has 0 spiro atoms. The molecule has 1 aromatic carbocycles. The third-order valence-electron chi connectivity index (χ3n) is 5.14. The molecule has 9 nitrogen and oxygen atoms in total. The van der Waals surface area contributed by atoms with Crippen LogP contribution in [0.4, 0.5) is 0 Å². The van der Waals surface area contributed by atoms with Crippen molar-refractivity contribution in [1.29, 1.82) is 0 Å². The molecule has 1 heterocycles. The van der Waals surface area contributed by atoms with Crippen molar-refractivity contribution in [2.24, 2.45) is 0 Å². The van der Waals surface area contributed by atoms with Crippen molar-refractivity contribution < 1.29 is 32.3 Å². The Bertz CT molecular complexity index is 1130. The third-order valence-corrected chi connectivity index (χ3v) is 7.19. The second-order valence-electron chi connectivity index (χ2n) is 7.15. The highest BCUT2D eigenvalue weighted by Crippen LogP contribution is 2.22. The van der Waals surface area contributed by atoms with E-state index in [1.54, 1.807) is 27.7 Å². The zero-order valence-electron chi connectivity index (χ0n) is 19.0. The quantitative estimate of drug-likeness (QED) is 0.447. The van der Waals surface area contributed by atoms with Gasteiger partial charge >= 0.3 is 11.9 Å². The first-order valence-electron chi connectivity index (χ1n) is 10.1. The summed E-state index contributed by atoms with van der Waals surface area (Å²) in [6.45, 7) is 8.67. The predicted molar refractivity (Wildman–Crippen MR) is 117 cm³/mol. The van der Waals surface area contributed by atoms with E-state index in [1.165, 1.54) is 42.6 Å². The molecule has 1 atom stereocenters. The molecule has 1 unspecified atom stereocenters. The lowest BCUT2D eigenvalue weighted by Gasteiger charge is -2.19. The van der Waals surface area contributed by atoms with Gasteiger partial charge in [0.2, 0.25) is 15.8 Å². The van der Waals surface area contributed by atoms with Gasteiger partial charge in [0.15, 0.2) is 6.10 Å². The fourth-order valence-electron chi connectivity index (χ4n) is 3.39. The SMILES string of the molecule is CCN(CC)S(=O)(=O)c1cccc(C(=O)OC(C)C(=O)c2[nH]c(C)c(C(=O)OC)c2C)c1. The third kappa shape index (κ3) is 4.91. The standard InChI is InChI=1S/C22H28N2O7S/c1-7-24(8-2)32(28,29)17-11-9-10-16(12-17)21(26)31-15(5)20(25)19-13(3)18(14(4)23-19)22(27)30-6/h9-12,15,23H,7-8H2,1-6H3. The Labute approximate surface area is 187 Å². The molecule has 0 aliphatic carbocycles. The van der Waals surface area contributed by atoms with Crippen molar-refractivity contribution in [3.8, 4) is 0 Å². The summed E-state index contributed by atoms with van der Waals surface area (Å²) in [4.78, 5) is 40.2. The van der Waals surface area contributed by atoms with Gasteiger partial charge in [-0.1, -0.05) is 19.9 Å². The first-order valence-corrected chi connectivity index (χ1v) is 11.6. The Morgan fingerprint density at radius 3 is 2.28 bits per heavy atom. The highest BCUT2D eigenvalue weighted by molar-refractivity contribution is 7.89. The summed E-state index contributed by atoms with van der Waals surface area (Å²) in [6.07, 6.45) is -1.17. The van der Waals surface area contributed by atoms with Crippen molar-refractivity contribution in [2.75, 3.05) is 20.2 Å². The van der Waals surface area contributed by atoms with Crippen molar-refractivity contribution in [2.45, 2.75) is 45.6 Å². The van der Waals surface area contributed by atoms with Gasteiger partial charge in [-0.05, 0) is 44.5 Å². The van der Waals surface area contributed by atoms with E-state index in [0.29, 0.717) is 24.3 Å². The number of nitrogens with zero attached hydrogens (tertiary/aromatic N) is 1. The smallest absolute Gasteiger partial charge is 0.339 e. The van der Waals surface area contributed by atoms with Gasteiger partial charge in [0.25, 0.3) is 0 Å². The van der Waals surface area contributed by atoms with Gasteiger partial charge in [-0.2, -0.15) is 4.31 Å². The van der Waals surface area contributed by atoms with Crippen molar-refractivity contribution in [1.82, 2.24) is 9.29 Å². The van der Waals surface area contributed by atoms with Crippen LogP contribution in [0.25, 0.3) is 0 Å². The van der Waals surface area contributed by atoms with E-state index < -0.39 is 33.8 Å². The number of sulfonamides is 1. The summed E-state index contributed by atoms with van der Waals surface area (Å²) in [6, 6.07) is 5.49. The topological polar surface area (TPSA) is 123 Å². The molecule has 2 rings (SSSR count). The van der Waals surface area contributed by atoms with Gasteiger partial charge in [0.05, 0.1) is 28.8 Å². The summed E-state index contributed by atoms with van der Waals surface area (Å²) in [5.74, 6) is -1.94. The van der Waals surface area contributed by atoms with Crippen LogP contribution in [0, 0.1) is 13.8 Å². The number of Topliss-reactive ketones (excluding diaryl/α,β-unsaturated/α-hetero) is 1. The zero-order chi connectivity index (χ0) is 24.2. The minimum Gasteiger partial charge on any atom is -0.465 e. The molecular formula is C22H28N2O7S. The summed E-state index contributed by atoms with van der Waals surface area (Å²) in [5.41, 5.74) is 1.26. The number of aromatic nitrogens is 1. The second-order valence-corrected chi connectivity index (χ2v) is 9.08. The average molecular weight is 465 g/mol. The highest BCUT2D eigenvalue weighted by atomic mass is 32.2.